The Morgan fingerprint density at radius 2 is 1.24 bits per heavy atom. The molecule has 0 N–H and O–H groups in total. The molecular formula is C46H52Cl4Zr. The summed E-state index contributed by atoms with van der Waals surface area (Å²) >= 11 is 10.1. The first-order valence-corrected chi connectivity index (χ1v) is 22.4. The van der Waals surface area contributed by atoms with Crippen LogP contribution in [0.25, 0.3) is 11.1 Å². The van der Waals surface area contributed by atoms with Crippen LogP contribution in [0.15, 0.2) is 99.9 Å². The Kier molecular flexibility index (Phi) is 13.1. The minimum Gasteiger partial charge on any atom is -1.00 e. The van der Waals surface area contributed by atoms with Gasteiger partial charge in [-0.05, 0) is 0 Å². The average molecular weight is 838 g/mol. The molecule has 0 fully saturated rings. The molecule has 0 spiro atoms. The van der Waals surface area contributed by atoms with Crippen molar-refractivity contribution in [3.05, 3.63) is 143 Å². The van der Waals surface area contributed by atoms with Gasteiger partial charge in [0.1, 0.15) is 0 Å². The van der Waals surface area contributed by atoms with E-state index in [0.29, 0.717) is 5.92 Å². The fourth-order valence-electron chi connectivity index (χ4n) is 7.66. The quantitative estimate of drug-likeness (QED) is 0.174. The summed E-state index contributed by atoms with van der Waals surface area (Å²) in [5.74, 6) is 0.433. The number of hydrogen-bond acceptors (Lipinski definition) is 0. The van der Waals surface area contributed by atoms with Gasteiger partial charge in [0.2, 0.25) is 0 Å². The molecule has 2 aliphatic rings. The van der Waals surface area contributed by atoms with Gasteiger partial charge in [-0.25, -0.2) is 0 Å². The van der Waals surface area contributed by atoms with Crippen molar-refractivity contribution >= 4 is 29.7 Å². The molecule has 268 valence electrons. The molecule has 0 saturated heterocycles. The molecule has 1 atom stereocenters. The second kappa shape index (κ2) is 15.9. The number of halogens is 4. The molecule has 4 aromatic rings. The fraction of sp³-hybridized carbons (Fsp3) is 0.370. The SMILES string of the molecule is CCCC1C=C(C(C)(C)C)C=[C]1[Zr+2](=[C](c1ccc(Cl)cc1)c1ccc(Cl)cc1)[c]1c(C(C)(C)C)ccc2c1Cc1cc(C(C)(C)C)ccc1-2.[Cl-].[Cl-]. The number of rotatable bonds is 6. The second-order valence-electron chi connectivity index (χ2n) is 17.2. The molecular weight excluding hydrogens is 786 g/mol. The van der Waals surface area contributed by atoms with Crippen LogP contribution < -0.4 is 28.1 Å². The average Bonchev–Trinajstić information content (AvgIpc) is 3.61. The zero-order valence-electron chi connectivity index (χ0n) is 31.9. The molecule has 0 aromatic heterocycles. The van der Waals surface area contributed by atoms with Gasteiger partial charge in [0.15, 0.2) is 0 Å². The summed E-state index contributed by atoms with van der Waals surface area (Å²) in [7, 11) is 0. The molecule has 0 amide bonds. The molecule has 51 heavy (non-hydrogen) atoms. The predicted octanol–water partition coefficient (Wildman–Crippen LogP) is 6.97. The minimum atomic E-state index is -3.08. The molecule has 0 saturated carbocycles. The summed E-state index contributed by atoms with van der Waals surface area (Å²) in [6, 6.07) is 29.5. The fourth-order valence-corrected chi connectivity index (χ4v) is 17.5. The number of fused-ring (bicyclic) bond motifs is 3. The van der Waals surface area contributed by atoms with E-state index in [1.54, 1.807) is 12.1 Å². The van der Waals surface area contributed by atoms with E-state index in [-0.39, 0.29) is 41.1 Å². The molecule has 0 aliphatic heterocycles. The second-order valence-corrected chi connectivity index (χ2v) is 23.8. The molecule has 0 bridgehead atoms. The van der Waals surface area contributed by atoms with Gasteiger partial charge in [0, 0.05) is 0 Å². The van der Waals surface area contributed by atoms with Crippen LogP contribution in [0.1, 0.15) is 115 Å². The van der Waals surface area contributed by atoms with Crippen LogP contribution in [0.3, 0.4) is 0 Å². The van der Waals surface area contributed by atoms with E-state index in [9.17, 15) is 0 Å². The Labute approximate surface area is 338 Å². The molecule has 1 unspecified atom stereocenters. The summed E-state index contributed by atoms with van der Waals surface area (Å²) in [5.41, 5.74) is 13.0. The van der Waals surface area contributed by atoms with E-state index in [1.807, 2.05) is 0 Å². The van der Waals surface area contributed by atoms with Crippen LogP contribution in [0, 0.1) is 11.3 Å². The standard InChI is InChI=1S/C21H25.C13H8Cl2.C12H19.2ClH.Zr/c1-20(2,3)16-7-9-18-14(12-16)11-15-13-17(21(4,5)6)8-10-19(15)18;14-12-5-1-10(2-6-12)9-11-3-7-13(15)8-4-11;1-5-6-10-7-8-11(9-10)12(2,3)4;;;/h7-10,12H,11H2,1-6H3;1-8H;8-10H,5-6H2,1-4H3;2*1H;/q;;;;;+2/p-2. The summed E-state index contributed by atoms with van der Waals surface area (Å²) in [4.78, 5) is 0. The third-order valence-corrected chi connectivity index (χ3v) is 18.8. The monoisotopic (exact) mass is 834 g/mol. The van der Waals surface area contributed by atoms with Gasteiger partial charge in [-0.1, -0.05) is 0 Å². The van der Waals surface area contributed by atoms with Crippen molar-refractivity contribution in [3.63, 3.8) is 0 Å². The number of benzene rings is 4. The van der Waals surface area contributed by atoms with Crippen LogP contribution in [0.4, 0.5) is 0 Å². The van der Waals surface area contributed by atoms with Gasteiger partial charge in [-0.3, -0.25) is 0 Å². The number of hydrogen-bond donors (Lipinski definition) is 0. The van der Waals surface area contributed by atoms with Crippen LogP contribution in [0.5, 0.6) is 0 Å². The van der Waals surface area contributed by atoms with Gasteiger partial charge in [-0.2, -0.15) is 0 Å². The number of allylic oxidation sites excluding steroid dienone is 4. The van der Waals surface area contributed by atoms with Gasteiger partial charge >= 0.3 is 316 Å². The Hall–Kier alpha value is -1.73. The van der Waals surface area contributed by atoms with Crippen molar-refractivity contribution in [2.45, 2.75) is 99.3 Å². The summed E-state index contributed by atoms with van der Waals surface area (Å²) in [5, 5.41) is 1.54. The van der Waals surface area contributed by atoms with Crippen LogP contribution in [-0.2, 0) is 38.5 Å². The van der Waals surface area contributed by atoms with E-state index >= 15 is 0 Å². The normalized spacial score (nSPS) is 15.1. The van der Waals surface area contributed by atoms with Crippen molar-refractivity contribution in [2.75, 3.05) is 0 Å². The molecule has 0 heterocycles. The maximum atomic E-state index is 6.57. The van der Waals surface area contributed by atoms with E-state index in [1.165, 1.54) is 54.1 Å². The van der Waals surface area contributed by atoms with Gasteiger partial charge in [-0.15, -0.1) is 0 Å². The molecule has 5 heteroatoms. The van der Waals surface area contributed by atoms with Gasteiger partial charge < -0.3 is 24.8 Å². The molecule has 0 nitrogen and oxygen atoms in total. The first-order valence-electron chi connectivity index (χ1n) is 18.0. The zero-order valence-corrected chi connectivity index (χ0v) is 37.4. The van der Waals surface area contributed by atoms with Crippen molar-refractivity contribution < 1.29 is 46.1 Å². The molecule has 2 aliphatic carbocycles. The van der Waals surface area contributed by atoms with Crippen LogP contribution in [-0.4, -0.2) is 3.21 Å². The van der Waals surface area contributed by atoms with Crippen LogP contribution >= 0.6 is 23.2 Å². The van der Waals surface area contributed by atoms with Gasteiger partial charge in [0.05, 0.1) is 0 Å². The van der Waals surface area contributed by atoms with Crippen LogP contribution in [0.2, 0.25) is 10.0 Å². The first kappa shape index (κ1) is 42.0. The van der Waals surface area contributed by atoms with E-state index in [0.717, 1.165) is 22.9 Å². The minimum absolute atomic E-state index is 0. The molecule has 6 rings (SSSR count). The maximum absolute atomic E-state index is 6.57. The molecule has 4 aromatic carbocycles. The maximum Gasteiger partial charge on any atom is -1.00 e. The summed E-state index contributed by atoms with van der Waals surface area (Å²) in [6.45, 7) is 23.7. The third-order valence-electron chi connectivity index (χ3n) is 10.4. The largest absolute Gasteiger partial charge is 1.00 e. The van der Waals surface area contributed by atoms with Gasteiger partial charge in [0.25, 0.3) is 0 Å². The molecule has 0 radical (unpaired) electrons. The zero-order chi connectivity index (χ0) is 35.5. The van der Waals surface area contributed by atoms with E-state index in [4.69, 9.17) is 23.2 Å². The topological polar surface area (TPSA) is 0 Å². The predicted molar refractivity (Wildman–Crippen MR) is 212 cm³/mol. The third kappa shape index (κ3) is 8.66. The van der Waals surface area contributed by atoms with Crippen molar-refractivity contribution in [1.82, 2.24) is 0 Å². The smallest absolute Gasteiger partial charge is 1.00 e. The Morgan fingerprint density at radius 1 is 0.686 bits per heavy atom. The van der Waals surface area contributed by atoms with Crippen molar-refractivity contribution in [2.24, 2.45) is 11.3 Å². The van der Waals surface area contributed by atoms with E-state index in [2.05, 4.69) is 160 Å². The first-order chi connectivity index (χ1) is 23.0. The van der Waals surface area contributed by atoms with Crippen molar-refractivity contribution in [1.29, 1.82) is 0 Å². The van der Waals surface area contributed by atoms with E-state index < -0.39 is 21.3 Å². The Morgan fingerprint density at radius 3 is 1.73 bits per heavy atom. The Balaban J connectivity index is 0.00000292. The Bertz CT molecular complexity index is 1940. The summed E-state index contributed by atoms with van der Waals surface area (Å²) < 4.78 is 4.87. The summed E-state index contributed by atoms with van der Waals surface area (Å²) in [6.07, 6.45) is 8.60. The van der Waals surface area contributed by atoms with Crippen molar-refractivity contribution in [3.8, 4) is 11.1 Å².